The van der Waals surface area contributed by atoms with E-state index in [2.05, 4.69) is 26.8 Å². The zero-order valence-electron chi connectivity index (χ0n) is 15.1. The minimum Gasteiger partial charge on any atom is -0.396 e. The first-order valence-electron chi connectivity index (χ1n) is 9.41. The van der Waals surface area contributed by atoms with Gasteiger partial charge >= 0.3 is 0 Å². The van der Waals surface area contributed by atoms with Gasteiger partial charge in [-0.15, -0.1) is 0 Å². The van der Waals surface area contributed by atoms with E-state index >= 15 is 0 Å². The largest absolute Gasteiger partial charge is 0.396 e. The third kappa shape index (κ3) is 2.79. The van der Waals surface area contributed by atoms with E-state index in [0.717, 1.165) is 6.42 Å². The lowest BCUT2D eigenvalue weighted by molar-refractivity contribution is -0.0709. The van der Waals surface area contributed by atoms with Gasteiger partial charge in [0.2, 0.25) is 0 Å². The van der Waals surface area contributed by atoms with Crippen LogP contribution >= 0.6 is 0 Å². The Bertz CT molecular complexity index is 481. The molecular weight excluding hydrogens is 288 g/mol. The first-order chi connectivity index (χ1) is 10.7. The molecule has 2 fully saturated rings. The lowest BCUT2D eigenvalue weighted by atomic mass is 9.64. The fourth-order valence-electron chi connectivity index (χ4n) is 6.09. The Labute approximate surface area is 140 Å². The van der Waals surface area contributed by atoms with Gasteiger partial charge in [-0.1, -0.05) is 32.4 Å². The van der Waals surface area contributed by atoms with Crippen molar-refractivity contribution in [3.63, 3.8) is 0 Å². The predicted octanol–water partition coefficient (Wildman–Crippen LogP) is 3.14. The van der Waals surface area contributed by atoms with E-state index in [1.807, 2.05) is 6.92 Å². The molecule has 7 atom stereocenters. The van der Waals surface area contributed by atoms with E-state index in [1.165, 1.54) is 18.4 Å². The summed E-state index contributed by atoms with van der Waals surface area (Å²) in [4.78, 5) is 0. The smallest absolute Gasteiger partial charge is 0.0709 e. The number of rotatable bonds is 2. The Kier molecular flexibility index (Phi) is 4.44. The van der Waals surface area contributed by atoms with E-state index in [0.29, 0.717) is 24.7 Å². The average molecular weight is 322 g/mol. The van der Waals surface area contributed by atoms with Gasteiger partial charge in [0.05, 0.1) is 11.7 Å². The topological polar surface area (TPSA) is 60.7 Å². The van der Waals surface area contributed by atoms with Crippen molar-refractivity contribution in [2.45, 2.75) is 71.5 Å². The van der Waals surface area contributed by atoms with Gasteiger partial charge in [-0.05, 0) is 68.1 Å². The summed E-state index contributed by atoms with van der Waals surface area (Å²) in [5, 5.41) is 31.4. The van der Waals surface area contributed by atoms with Crippen LogP contribution in [0.1, 0.15) is 59.8 Å². The standard InChI is InChI=1S/C20H34O3/c1-12(2)14-5-7-19(3)10-15-13(11-21)9-17(22)18(15)20(4,23)8-6-16(14)19/h6,12-15,17-18,21-23H,5,7-11H2,1-4H3/b16-6-/t13-,14+,15+,17+,18-,19+,20?/m0/s1. The average Bonchev–Trinajstić information content (AvgIpc) is 2.93. The van der Waals surface area contributed by atoms with Crippen LogP contribution in [0.4, 0.5) is 0 Å². The van der Waals surface area contributed by atoms with E-state index in [-0.39, 0.29) is 29.8 Å². The molecule has 0 aliphatic heterocycles. The molecule has 0 spiro atoms. The molecule has 0 saturated heterocycles. The van der Waals surface area contributed by atoms with Gasteiger partial charge in [0.25, 0.3) is 0 Å². The number of fused-ring (bicyclic) bond motifs is 2. The van der Waals surface area contributed by atoms with Crippen molar-refractivity contribution < 1.29 is 15.3 Å². The Hall–Kier alpha value is -0.380. The van der Waals surface area contributed by atoms with E-state index in [4.69, 9.17) is 0 Å². The Balaban J connectivity index is 2.01. The normalized spacial score (nSPS) is 52.5. The summed E-state index contributed by atoms with van der Waals surface area (Å²) < 4.78 is 0. The van der Waals surface area contributed by atoms with Crippen LogP contribution in [0.25, 0.3) is 0 Å². The fourth-order valence-corrected chi connectivity index (χ4v) is 6.09. The minimum absolute atomic E-state index is 0.118. The Morgan fingerprint density at radius 2 is 2.00 bits per heavy atom. The van der Waals surface area contributed by atoms with E-state index < -0.39 is 11.7 Å². The molecule has 0 heterocycles. The number of aliphatic hydroxyl groups is 3. The van der Waals surface area contributed by atoms with Crippen LogP contribution in [0, 0.1) is 35.0 Å². The highest BCUT2D eigenvalue weighted by Crippen LogP contribution is 2.58. The quantitative estimate of drug-likeness (QED) is 0.685. The second kappa shape index (κ2) is 5.86. The summed E-state index contributed by atoms with van der Waals surface area (Å²) in [7, 11) is 0. The second-order valence-electron chi connectivity index (χ2n) is 9.31. The molecule has 23 heavy (non-hydrogen) atoms. The van der Waals surface area contributed by atoms with Gasteiger partial charge in [0.15, 0.2) is 0 Å². The van der Waals surface area contributed by atoms with Crippen LogP contribution in [0.2, 0.25) is 0 Å². The molecular formula is C20H34O3. The van der Waals surface area contributed by atoms with Gasteiger partial charge in [-0.2, -0.15) is 0 Å². The monoisotopic (exact) mass is 322 g/mol. The molecule has 1 unspecified atom stereocenters. The SMILES string of the molecule is CC(C)[C@H]1CC[C@]2(C)C[C@@H]3[C@H](CO)C[C@@H](O)[C@H]3C(C)(O)C/C=C/12. The van der Waals surface area contributed by atoms with Gasteiger partial charge in [0, 0.05) is 12.5 Å². The molecule has 3 nitrogen and oxygen atoms in total. The van der Waals surface area contributed by atoms with Crippen LogP contribution in [0.15, 0.2) is 11.6 Å². The highest BCUT2D eigenvalue weighted by molar-refractivity contribution is 5.26. The first-order valence-corrected chi connectivity index (χ1v) is 9.41. The van der Waals surface area contributed by atoms with Crippen molar-refractivity contribution >= 4 is 0 Å². The molecule has 3 aliphatic rings. The summed E-state index contributed by atoms with van der Waals surface area (Å²) in [6.07, 6.45) is 6.47. The summed E-state index contributed by atoms with van der Waals surface area (Å²) in [5.74, 6) is 1.46. The highest BCUT2D eigenvalue weighted by atomic mass is 16.3. The summed E-state index contributed by atoms with van der Waals surface area (Å²) in [5.41, 5.74) is 0.822. The molecule has 0 aromatic rings. The molecule has 132 valence electrons. The van der Waals surface area contributed by atoms with Gasteiger partial charge in [-0.3, -0.25) is 0 Å². The minimum atomic E-state index is -0.882. The predicted molar refractivity (Wildman–Crippen MR) is 91.8 cm³/mol. The molecule has 0 bridgehead atoms. The Morgan fingerprint density at radius 3 is 2.61 bits per heavy atom. The molecule has 3 N–H and O–H groups in total. The van der Waals surface area contributed by atoms with Crippen molar-refractivity contribution in [1.82, 2.24) is 0 Å². The van der Waals surface area contributed by atoms with Crippen molar-refractivity contribution in [3.05, 3.63) is 11.6 Å². The van der Waals surface area contributed by atoms with Crippen molar-refractivity contribution in [2.24, 2.45) is 35.0 Å². The summed E-state index contributed by atoms with van der Waals surface area (Å²) in [6.45, 7) is 8.97. The highest BCUT2D eigenvalue weighted by Gasteiger charge is 2.55. The van der Waals surface area contributed by atoms with Crippen molar-refractivity contribution in [3.8, 4) is 0 Å². The molecule has 0 radical (unpaired) electrons. The second-order valence-corrected chi connectivity index (χ2v) is 9.31. The number of aliphatic hydroxyl groups excluding tert-OH is 2. The van der Waals surface area contributed by atoms with E-state index in [9.17, 15) is 15.3 Å². The maximum Gasteiger partial charge on any atom is 0.0709 e. The first kappa shape index (κ1) is 17.4. The molecule has 2 saturated carbocycles. The molecule has 3 rings (SSSR count). The van der Waals surface area contributed by atoms with Crippen LogP contribution in [-0.2, 0) is 0 Å². The third-order valence-electron chi connectivity index (χ3n) is 7.31. The summed E-state index contributed by atoms with van der Waals surface area (Å²) >= 11 is 0. The van der Waals surface area contributed by atoms with Gasteiger partial charge in [0.1, 0.15) is 0 Å². The lowest BCUT2D eigenvalue weighted by Gasteiger charge is -2.43. The molecule has 0 aromatic carbocycles. The maximum absolute atomic E-state index is 11.1. The van der Waals surface area contributed by atoms with Crippen LogP contribution in [0.5, 0.6) is 0 Å². The molecule has 0 amide bonds. The number of hydrogen-bond acceptors (Lipinski definition) is 3. The number of hydrogen-bond donors (Lipinski definition) is 3. The Morgan fingerprint density at radius 1 is 1.30 bits per heavy atom. The zero-order chi connectivity index (χ0) is 17.0. The number of allylic oxidation sites excluding steroid dienone is 1. The summed E-state index contributed by atoms with van der Waals surface area (Å²) in [6, 6.07) is 0. The maximum atomic E-state index is 11.1. The third-order valence-corrected chi connectivity index (χ3v) is 7.31. The van der Waals surface area contributed by atoms with Gasteiger partial charge < -0.3 is 15.3 Å². The van der Waals surface area contributed by atoms with Crippen molar-refractivity contribution in [2.75, 3.05) is 6.61 Å². The molecule has 3 aliphatic carbocycles. The van der Waals surface area contributed by atoms with Crippen LogP contribution < -0.4 is 0 Å². The zero-order valence-corrected chi connectivity index (χ0v) is 15.1. The van der Waals surface area contributed by atoms with E-state index in [1.54, 1.807) is 0 Å². The van der Waals surface area contributed by atoms with Gasteiger partial charge in [-0.25, -0.2) is 0 Å². The fraction of sp³-hybridized carbons (Fsp3) is 0.900. The van der Waals surface area contributed by atoms with Crippen LogP contribution in [0.3, 0.4) is 0 Å². The molecule has 0 aromatic heterocycles. The lowest BCUT2D eigenvalue weighted by Crippen LogP contribution is -2.45. The molecule has 3 heteroatoms. The van der Waals surface area contributed by atoms with Crippen LogP contribution in [-0.4, -0.2) is 33.6 Å². The van der Waals surface area contributed by atoms with Crippen molar-refractivity contribution in [1.29, 1.82) is 0 Å².